The molecule has 0 saturated carbocycles. The maximum Gasteiger partial charge on any atom is 0.333 e. The zero-order valence-corrected chi connectivity index (χ0v) is 15.6. The molecular formula is C18H26O9. The second kappa shape index (κ2) is 14.5. The molecule has 152 valence electrons. The average Bonchev–Trinajstić information content (AvgIpc) is 2.59. The Balaban J connectivity index is 3.79. The van der Waals surface area contributed by atoms with Gasteiger partial charge in [-0.3, -0.25) is 9.59 Å². The number of hydrogen-bond donors (Lipinski definition) is 2. The Kier molecular flexibility index (Phi) is 13.0. The number of ether oxygens (including phenoxy) is 3. The molecule has 0 radical (unpaired) electrons. The number of rotatable bonds is 14. The molecule has 0 unspecified atom stereocenters. The van der Waals surface area contributed by atoms with E-state index in [9.17, 15) is 19.2 Å². The van der Waals surface area contributed by atoms with E-state index in [4.69, 9.17) is 24.4 Å². The van der Waals surface area contributed by atoms with Crippen LogP contribution in [0.3, 0.4) is 0 Å². The summed E-state index contributed by atoms with van der Waals surface area (Å²) in [5, 5.41) is 17.0. The van der Waals surface area contributed by atoms with E-state index in [-0.39, 0.29) is 52.1 Å². The molecule has 0 aliphatic carbocycles. The summed E-state index contributed by atoms with van der Waals surface area (Å²) < 4.78 is 15.1. The van der Waals surface area contributed by atoms with Crippen molar-refractivity contribution < 1.29 is 43.6 Å². The highest BCUT2D eigenvalue weighted by Gasteiger charge is 2.07. The van der Waals surface area contributed by atoms with E-state index in [0.717, 1.165) is 0 Å². The van der Waals surface area contributed by atoms with Crippen LogP contribution in [-0.4, -0.2) is 60.5 Å². The van der Waals surface area contributed by atoms with Crippen LogP contribution in [-0.2, 0) is 33.4 Å². The van der Waals surface area contributed by atoms with Crippen molar-refractivity contribution in [3.05, 3.63) is 23.3 Å². The summed E-state index contributed by atoms with van der Waals surface area (Å²) in [4.78, 5) is 43.9. The first-order valence-corrected chi connectivity index (χ1v) is 8.43. The zero-order valence-electron chi connectivity index (χ0n) is 15.6. The van der Waals surface area contributed by atoms with Crippen LogP contribution in [0.25, 0.3) is 0 Å². The van der Waals surface area contributed by atoms with Gasteiger partial charge < -0.3 is 24.4 Å². The van der Waals surface area contributed by atoms with Crippen LogP contribution in [0.2, 0.25) is 0 Å². The Bertz CT molecular complexity index is 525. The van der Waals surface area contributed by atoms with Crippen molar-refractivity contribution in [3.8, 4) is 0 Å². The third-order valence-electron chi connectivity index (χ3n) is 3.18. The highest BCUT2D eigenvalue weighted by atomic mass is 16.6. The van der Waals surface area contributed by atoms with Gasteiger partial charge in [0.05, 0.1) is 13.2 Å². The Morgan fingerprint density at radius 3 is 1.41 bits per heavy atom. The normalized spacial score (nSPS) is 11.8. The van der Waals surface area contributed by atoms with Gasteiger partial charge in [-0.25, -0.2) is 9.59 Å². The fraction of sp³-hybridized carbons (Fsp3) is 0.556. The summed E-state index contributed by atoms with van der Waals surface area (Å²) in [6, 6.07) is 0. The van der Waals surface area contributed by atoms with Crippen molar-refractivity contribution in [1.29, 1.82) is 0 Å². The first-order chi connectivity index (χ1) is 12.7. The van der Waals surface area contributed by atoms with Gasteiger partial charge in [-0.15, -0.1) is 0 Å². The molecule has 0 aliphatic rings. The van der Waals surface area contributed by atoms with Gasteiger partial charge in [-0.2, -0.15) is 0 Å². The molecule has 9 heteroatoms. The fourth-order valence-corrected chi connectivity index (χ4v) is 1.71. The van der Waals surface area contributed by atoms with E-state index in [1.54, 1.807) is 0 Å². The first-order valence-electron chi connectivity index (χ1n) is 8.43. The van der Waals surface area contributed by atoms with Crippen LogP contribution >= 0.6 is 0 Å². The smallest absolute Gasteiger partial charge is 0.333 e. The lowest BCUT2D eigenvalue weighted by atomic mass is 10.2. The van der Waals surface area contributed by atoms with E-state index < -0.39 is 23.9 Å². The maximum absolute atomic E-state index is 11.6. The predicted molar refractivity (Wildman–Crippen MR) is 94.0 cm³/mol. The lowest BCUT2D eigenvalue weighted by Crippen LogP contribution is -2.15. The predicted octanol–water partition coefficient (Wildman–Crippen LogP) is 1.71. The number of carboxylic acid groups (broad SMARTS) is 2. The molecule has 9 nitrogen and oxygen atoms in total. The molecule has 0 heterocycles. The van der Waals surface area contributed by atoms with Gasteiger partial charge in [-0.05, 0) is 26.7 Å². The summed E-state index contributed by atoms with van der Waals surface area (Å²) >= 11 is 0. The number of esters is 2. The molecule has 0 amide bonds. The molecule has 0 bridgehead atoms. The highest BCUT2D eigenvalue weighted by molar-refractivity contribution is 5.88. The highest BCUT2D eigenvalue weighted by Crippen LogP contribution is 2.02. The first kappa shape index (κ1) is 24.3. The molecule has 2 N–H and O–H groups in total. The lowest BCUT2D eigenvalue weighted by Gasteiger charge is -2.07. The Hall–Kier alpha value is -2.68. The maximum atomic E-state index is 11.6. The molecule has 0 atom stereocenters. The number of aliphatic carboxylic acids is 2. The van der Waals surface area contributed by atoms with E-state index in [0.29, 0.717) is 11.1 Å². The standard InChI is InChI=1S/C18H26O9/c1-13(5-3-7-15(19)20)17(23)26-11-9-25-10-12-27-18(24)14(2)6-4-8-16(21)22/h5-6H,3-4,7-12H2,1-2H3,(H,19,20)(H,21,22). The topological polar surface area (TPSA) is 136 Å². The van der Waals surface area contributed by atoms with Crippen molar-refractivity contribution in [1.82, 2.24) is 0 Å². The molecule has 0 aromatic rings. The Labute approximate surface area is 157 Å². The van der Waals surface area contributed by atoms with Crippen molar-refractivity contribution in [2.24, 2.45) is 0 Å². The molecule has 0 spiro atoms. The van der Waals surface area contributed by atoms with Gasteiger partial charge in [0, 0.05) is 24.0 Å². The fourth-order valence-electron chi connectivity index (χ4n) is 1.71. The number of carbonyl (C=O) groups is 4. The summed E-state index contributed by atoms with van der Waals surface area (Å²) in [7, 11) is 0. The minimum Gasteiger partial charge on any atom is -0.481 e. The van der Waals surface area contributed by atoms with Crippen molar-refractivity contribution in [3.63, 3.8) is 0 Å². The van der Waals surface area contributed by atoms with Gasteiger partial charge in [0.15, 0.2) is 0 Å². The summed E-state index contributed by atoms with van der Waals surface area (Å²) in [6.45, 7) is 3.36. The molecular weight excluding hydrogens is 360 g/mol. The molecule has 0 fully saturated rings. The number of allylic oxidation sites excluding steroid dienone is 2. The third-order valence-corrected chi connectivity index (χ3v) is 3.18. The van der Waals surface area contributed by atoms with Crippen molar-refractivity contribution >= 4 is 23.9 Å². The number of hydrogen-bond acceptors (Lipinski definition) is 7. The molecule has 0 aromatic carbocycles. The molecule has 27 heavy (non-hydrogen) atoms. The molecule has 0 aliphatic heterocycles. The Morgan fingerprint density at radius 1 is 0.704 bits per heavy atom. The SMILES string of the molecule is CC(=CCCC(=O)O)C(=O)OCCOCCOC(=O)C(C)=CCCC(=O)O. The van der Waals surface area contributed by atoms with E-state index in [2.05, 4.69) is 0 Å². The number of carboxylic acids is 2. The average molecular weight is 386 g/mol. The van der Waals surface area contributed by atoms with Crippen LogP contribution in [0.4, 0.5) is 0 Å². The van der Waals surface area contributed by atoms with Crippen molar-refractivity contribution in [2.75, 3.05) is 26.4 Å². The number of carbonyl (C=O) groups excluding carboxylic acids is 2. The molecule has 0 rings (SSSR count). The van der Waals surface area contributed by atoms with E-state index in [1.807, 2.05) is 0 Å². The van der Waals surface area contributed by atoms with Gasteiger partial charge in [0.25, 0.3) is 0 Å². The minimum absolute atomic E-state index is 0.0189. The molecule has 0 aromatic heterocycles. The van der Waals surface area contributed by atoms with E-state index >= 15 is 0 Å². The van der Waals surface area contributed by atoms with Gasteiger partial charge in [0.1, 0.15) is 13.2 Å². The largest absolute Gasteiger partial charge is 0.481 e. The monoisotopic (exact) mass is 386 g/mol. The van der Waals surface area contributed by atoms with Gasteiger partial charge in [-0.1, -0.05) is 12.2 Å². The second-order valence-corrected chi connectivity index (χ2v) is 5.52. The zero-order chi connectivity index (χ0) is 20.7. The van der Waals surface area contributed by atoms with Crippen LogP contribution in [0, 0.1) is 0 Å². The third kappa shape index (κ3) is 14.2. The summed E-state index contributed by atoms with van der Waals surface area (Å²) in [5.74, 6) is -2.96. The molecule has 0 saturated heterocycles. The van der Waals surface area contributed by atoms with Gasteiger partial charge in [0.2, 0.25) is 0 Å². The second-order valence-electron chi connectivity index (χ2n) is 5.52. The van der Waals surface area contributed by atoms with Crippen LogP contribution in [0.15, 0.2) is 23.3 Å². The van der Waals surface area contributed by atoms with Crippen LogP contribution in [0.5, 0.6) is 0 Å². The van der Waals surface area contributed by atoms with Gasteiger partial charge >= 0.3 is 23.9 Å². The Morgan fingerprint density at radius 2 is 1.07 bits per heavy atom. The summed E-state index contributed by atoms with van der Waals surface area (Å²) in [5.41, 5.74) is 0.658. The van der Waals surface area contributed by atoms with E-state index in [1.165, 1.54) is 26.0 Å². The lowest BCUT2D eigenvalue weighted by molar-refractivity contribution is -0.142. The minimum atomic E-state index is -0.938. The summed E-state index contributed by atoms with van der Waals surface area (Å²) in [6.07, 6.45) is 3.40. The van der Waals surface area contributed by atoms with Crippen LogP contribution < -0.4 is 0 Å². The van der Waals surface area contributed by atoms with Crippen molar-refractivity contribution in [2.45, 2.75) is 39.5 Å². The quantitative estimate of drug-likeness (QED) is 0.260. The van der Waals surface area contributed by atoms with Crippen LogP contribution in [0.1, 0.15) is 39.5 Å².